The highest BCUT2D eigenvalue weighted by molar-refractivity contribution is 6.04. The third kappa shape index (κ3) is 4.61. The van der Waals surface area contributed by atoms with Crippen LogP contribution < -0.4 is 26.8 Å². The van der Waals surface area contributed by atoms with Crippen molar-refractivity contribution in [3.05, 3.63) is 85.7 Å². The van der Waals surface area contributed by atoms with Gasteiger partial charge in [-0.25, -0.2) is 0 Å². The molecule has 32 heavy (non-hydrogen) atoms. The molecule has 1 saturated carbocycles. The van der Waals surface area contributed by atoms with E-state index < -0.39 is 10.9 Å². The van der Waals surface area contributed by atoms with Crippen LogP contribution in [-0.4, -0.2) is 17.7 Å². The summed E-state index contributed by atoms with van der Waals surface area (Å²) in [4.78, 5) is 47.7. The largest absolute Gasteiger partial charge is 0.377 e. The van der Waals surface area contributed by atoms with Gasteiger partial charge in [-0.2, -0.15) is 0 Å². The van der Waals surface area contributed by atoms with Crippen LogP contribution in [0.1, 0.15) is 58.9 Å². The van der Waals surface area contributed by atoms with Gasteiger partial charge in [0.15, 0.2) is 5.78 Å². The number of carbonyl (C=O) groups excluding carboxylic acids is 2. The molecule has 0 atom stereocenters. The van der Waals surface area contributed by atoms with E-state index in [2.05, 4.69) is 16.0 Å². The molecule has 0 radical (unpaired) electrons. The number of amides is 1. The van der Waals surface area contributed by atoms with E-state index in [1.807, 2.05) is 0 Å². The molecule has 0 aromatic heterocycles. The van der Waals surface area contributed by atoms with Gasteiger partial charge in [0.2, 0.25) is 0 Å². The van der Waals surface area contributed by atoms with Gasteiger partial charge in [-0.05, 0) is 61.7 Å². The Morgan fingerprint density at radius 3 is 2.06 bits per heavy atom. The van der Waals surface area contributed by atoms with Gasteiger partial charge < -0.3 is 16.0 Å². The van der Waals surface area contributed by atoms with Crippen LogP contribution in [-0.2, 0) is 6.54 Å². The fourth-order valence-corrected chi connectivity index (χ4v) is 3.93. The number of hydrogen-bond donors (Lipinski definition) is 3. The van der Waals surface area contributed by atoms with Crippen LogP contribution in [0.15, 0.2) is 58.1 Å². The standard InChI is InChI=1S/C25H25N3O4/c1-15(29)17-10-12-20(13-11-17)28-25(32)18-8-6-16(7-9-18)14-26-21-22(24(31)23(21)30)27-19-4-2-3-5-19/h6-13,19,26-27H,2-5,14H2,1H3,(H,28,32). The lowest BCUT2D eigenvalue weighted by atomic mass is 10.1. The van der Waals surface area contributed by atoms with E-state index in [0.717, 1.165) is 31.2 Å². The molecule has 3 aromatic rings. The van der Waals surface area contributed by atoms with Crippen LogP contribution in [0.2, 0.25) is 0 Å². The molecule has 3 aromatic carbocycles. The van der Waals surface area contributed by atoms with Crippen LogP contribution in [0.4, 0.5) is 17.1 Å². The van der Waals surface area contributed by atoms with E-state index in [-0.39, 0.29) is 17.7 Å². The summed E-state index contributed by atoms with van der Waals surface area (Å²) in [6, 6.07) is 14.0. The lowest BCUT2D eigenvalue weighted by Crippen LogP contribution is -2.39. The van der Waals surface area contributed by atoms with Gasteiger partial charge in [0.1, 0.15) is 11.4 Å². The van der Waals surface area contributed by atoms with E-state index in [4.69, 9.17) is 0 Å². The zero-order valence-corrected chi connectivity index (χ0v) is 17.9. The monoisotopic (exact) mass is 431 g/mol. The number of hydrogen-bond acceptors (Lipinski definition) is 6. The molecular formula is C25H25N3O4. The molecule has 7 nitrogen and oxygen atoms in total. The van der Waals surface area contributed by atoms with Crippen molar-refractivity contribution in [2.24, 2.45) is 0 Å². The quantitative estimate of drug-likeness (QED) is 0.371. The molecule has 0 spiro atoms. The van der Waals surface area contributed by atoms with E-state index in [1.165, 1.54) is 6.92 Å². The highest BCUT2D eigenvalue weighted by atomic mass is 16.2. The minimum absolute atomic E-state index is 0.0303. The van der Waals surface area contributed by atoms with Crippen LogP contribution in [0.5, 0.6) is 0 Å². The van der Waals surface area contributed by atoms with Gasteiger partial charge >= 0.3 is 0 Å². The summed E-state index contributed by atoms with van der Waals surface area (Å²) in [5.74, 6) is -0.289. The first kappa shape index (κ1) is 21.5. The number of nitrogens with one attached hydrogen (secondary N) is 3. The molecule has 1 fully saturated rings. The van der Waals surface area contributed by atoms with Crippen LogP contribution in [0, 0.1) is 0 Å². The Kier molecular flexibility index (Phi) is 6.16. The van der Waals surface area contributed by atoms with E-state index >= 15 is 0 Å². The van der Waals surface area contributed by atoms with Gasteiger partial charge in [0.05, 0.1) is 0 Å². The van der Waals surface area contributed by atoms with Crippen LogP contribution >= 0.6 is 0 Å². The minimum atomic E-state index is -0.489. The number of rotatable bonds is 8. The molecule has 1 aliphatic carbocycles. The summed E-state index contributed by atoms with van der Waals surface area (Å²) < 4.78 is 0. The molecule has 0 heterocycles. The van der Waals surface area contributed by atoms with Gasteiger partial charge in [-0.1, -0.05) is 25.0 Å². The summed E-state index contributed by atoms with van der Waals surface area (Å²) in [5, 5.41) is 9.07. The molecule has 0 unspecified atom stereocenters. The summed E-state index contributed by atoms with van der Waals surface area (Å²) in [6.07, 6.45) is 4.31. The van der Waals surface area contributed by atoms with Crippen molar-refractivity contribution >= 4 is 28.8 Å². The third-order valence-corrected chi connectivity index (χ3v) is 5.85. The maximum Gasteiger partial charge on any atom is 0.255 e. The molecule has 7 heteroatoms. The molecule has 1 aliphatic rings. The molecular weight excluding hydrogens is 406 g/mol. The second kappa shape index (κ2) is 9.18. The van der Waals surface area contributed by atoms with Gasteiger partial charge in [0, 0.05) is 29.4 Å². The summed E-state index contributed by atoms with van der Waals surface area (Å²) in [5.41, 5.74) is 2.36. The van der Waals surface area contributed by atoms with Crippen molar-refractivity contribution in [1.82, 2.24) is 0 Å². The lowest BCUT2D eigenvalue weighted by Gasteiger charge is -2.18. The lowest BCUT2D eigenvalue weighted by molar-refractivity contribution is 0.101. The average molecular weight is 431 g/mol. The number of anilines is 3. The predicted octanol–water partition coefficient (Wildman–Crippen LogP) is 3.70. The first-order chi connectivity index (χ1) is 15.4. The maximum absolute atomic E-state index is 12.5. The van der Waals surface area contributed by atoms with Crippen LogP contribution in [0.25, 0.3) is 0 Å². The first-order valence-corrected chi connectivity index (χ1v) is 10.8. The van der Waals surface area contributed by atoms with E-state index in [0.29, 0.717) is 34.7 Å². The van der Waals surface area contributed by atoms with Gasteiger partial charge in [0.25, 0.3) is 16.8 Å². The Morgan fingerprint density at radius 1 is 0.844 bits per heavy atom. The second-order valence-corrected chi connectivity index (χ2v) is 8.17. The fraction of sp³-hybridized carbons (Fsp3) is 0.280. The third-order valence-electron chi connectivity index (χ3n) is 5.85. The number of Topliss-reactive ketones (excluding diaryl/α,β-unsaturated/α-hetero) is 1. The van der Waals surface area contributed by atoms with Crippen molar-refractivity contribution in [2.45, 2.75) is 45.2 Å². The molecule has 0 bridgehead atoms. The minimum Gasteiger partial charge on any atom is -0.377 e. The van der Waals surface area contributed by atoms with Crippen molar-refractivity contribution in [1.29, 1.82) is 0 Å². The Labute approximate surface area is 185 Å². The maximum atomic E-state index is 12.5. The first-order valence-electron chi connectivity index (χ1n) is 10.8. The van der Waals surface area contributed by atoms with Crippen LogP contribution in [0.3, 0.4) is 0 Å². The number of ketones is 1. The number of carbonyl (C=O) groups is 2. The normalized spacial score (nSPS) is 13.8. The Morgan fingerprint density at radius 2 is 1.44 bits per heavy atom. The molecule has 3 N–H and O–H groups in total. The average Bonchev–Trinajstić information content (AvgIpc) is 3.32. The fourth-order valence-electron chi connectivity index (χ4n) is 3.93. The van der Waals surface area contributed by atoms with Crippen molar-refractivity contribution in [3.8, 4) is 0 Å². The Bertz CT molecular complexity index is 1200. The van der Waals surface area contributed by atoms with Crippen molar-refractivity contribution < 1.29 is 9.59 Å². The zero-order valence-electron chi connectivity index (χ0n) is 17.9. The summed E-state index contributed by atoms with van der Waals surface area (Å²) in [6.45, 7) is 1.87. The molecule has 0 aliphatic heterocycles. The van der Waals surface area contributed by atoms with Crippen molar-refractivity contribution in [2.75, 3.05) is 16.0 Å². The molecule has 0 saturated heterocycles. The topological polar surface area (TPSA) is 104 Å². The highest BCUT2D eigenvalue weighted by Gasteiger charge is 2.24. The summed E-state index contributed by atoms with van der Waals surface area (Å²) >= 11 is 0. The zero-order chi connectivity index (χ0) is 22.7. The molecule has 164 valence electrons. The van der Waals surface area contributed by atoms with Gasteiger partial charge in [-0.3, -0.25) is 19.2 Å². The van der Waals surface area contributed by atoms with Crippen molar-refractivity contribution in [3.63, 3.8) is 0 Å². The summed E-state index contributed by atoms with van der Waals surface area (Å²) in [7, 11) is 0. The Balaban J connectivity index is 1.34. The predicted molar refractivity (Wildman–Crippen MR) is 125 cm³/mol. The number of benzene rings is 2. The SMILES string of the molecule is CC(=O)c1ccc(NC(=O)c2ccc(CNc3c(NC4CCCC4)c(=O)c3=O)cc2)cc1. The highest BCUT2D eigenvalue weighted by Crippen LogP contribution is 2.24. The van der Waals surface area contributed by atoms with E-state index in [1.54, 1.807) is 48.5 Å². The smallest absolute Gasteiger partial charge is 0.255 e. The Hall–Kier alpha value is -3.74. The van der Waals surface area contributed by atoms with E-state index in [9.17, 15) is 19.2 Å². The molecule has 4 rings (SSSR count). The second-order valence-electron chi connectivity index (χ2n) is 8.17. The molecule has 1 amide bonds. The van der Waals surface area contributed by atoms with Gasteiger partial charge in [-0.15, -0.1) is 0 Å².